The Morgan fingerprint density at radius 2 is 1.69 bits per heavy atom. The van der Waals surface area contributed by atoms with Crippen LogP contribution in [-0.2, 0) is 13.9 Å². The van der Waals surface area contributed by atoms with Gasteiger partial charge >= 0.3 is 6.16 Å². The summed E-state index contributed by atoms with van der Waals surface area (Å²) in [5, 5.41) is 0. The van der Waals surface area contributed by atoms with E-state index in [2.05, 4.69) is 47.6 Å². The van der Waals surface area contributed by atoms with Gasteiger partial charge in [0.1, 0.15) is 6.10 Å². The van der Waals surface area contributed by atoms with Gasteiger partial charge in [0.05, 0.1) is 12.7 Å². The van der Waals surface area contributed by atoms with Crippen LogP contribution < -0.4 is 9.47 Å². The van der Waals surface area contributed by atoms with Crippen LogP contribution in [0.5, 0.6) is 11.5 Å². The second-order valence-corrected chi connectivity index (χ2v) is 15.0. The molecular weight excluding hydrogens is 424 g/mol. The lowest BCUT2D eigenvalue weighted by atomic mass is 9.84. The molecular formula is C25H38O6Si. The van der Waals surface area contributed by atoms with Crippen molar-refractivity contribution in [3.63, 3.8) is 0 Å². The fourth-order valence-electron chi connectivity index (χ4n) is 5.44. The Kier molecular flexibility index (Phi) is 7.93. The summed E-state index contributed by atoms with van der Waals surface area (Å²) in [6, 6.07) is 5.93. The SMILES string of the molecule is CCOC(=O)O[C@H]1C=C[C@@H](O[Si](C(C)C)(C(C)C)C(C)C)C[C@@H]1c1ccc2c(c1)OCO2. The minimum absolute atomic E-state index is 0.0358. The molecule has 32 heavy (non-hydrogen) atoms. The summed E-state index contributed by atoms with van der Waals surface area (Å²) in [5.41, 5.74) is 2.52. The first-order valence-electron chi connectivity index (χ1n) is 11.8. The van der Waals surface area contributed by atoms with Gasteiger partial charge in [0.2, 0.25) is 15.1 Å². The number of fused-ring (bicyclic) bond motifs is 1. The van der Waals surface area contributed by atoms with Crippen LogP contribution in [0.2, 0.25) is 16.6 Å². The molecule has 3 atom stereocenters. The summed E-state index contributed by atoms with van der Waals surface area (Å²) in [6.45, 7) is 16.0. The fraction of sp³-hybridized carbons (Fsp3) is 0.640. The van der Waals surface area contributed by atoms with Crippen LogP contribution in [-0.4, -0.2) is 40.1 Å². The molecule has 6 nitrogen and oxygen atoms in total. The van der Waals surface area contributed by atoms with E-state index in [0.717, 1.165) is 23.5 Å². The monoisotopic (exact) mass is 462 g/mol. The Morgan fingerprint density at radius 3 is 2.31 bits per heavy atom. The lowest BCUT2D eigenvalue weighted by Gasteiger charge is -2.45. The maximum atomic E-state index is 12.1. The van der Waals surface area contributed by atoms with Gasteiger partial charge in [0, 0.05) is 5.92 Å². The predicted octanol–water partition coefficient (Wildman–Crippen LogP) is 6.56. The minimum Gasteiger partial charge on any atom is -0.454 e. The summed E-state index contributed by atoms with van der Waals surface area (Å²) < 4.78 is 28.8. The highest BCUT2D eigenvalue weighted by Gasteiger charge is 2.47. The van der Waals surface area contributed by atoms with Crippen molar-refractivity contribution in [2.75, 3.05) is 13.4 Å². The number of rotatable bonds is 8. The Bertz CT molecular complexity index is 797. The van der Waals surface area contributed by atoms with Crippen LogP contribution in [0.1, 0.15) is 66.4 Å². The number of hydrogen-bond donors (Lipinski definition) is 0. The highest BCUT2D eigenvalue weighted by atomic mass is 28.4. The lowest BCUT2D eigenvalue weighted by Crippen LogP contribution is -2.50. The van der Waals surface area contributed by atoms with Crippen LogP contribution in [0.25, 0.3) is 0 Å². The van der Waals surface area contributed by atoms with Crippen LogP contribution in [0, 0.1) is 0 Å². The minimum atomic E-state index is -2.06. The van der Waals surface area contributed by atoms with Crippen LogP contribution in [0.15, 0.2) is 30.4 Å². The van der Waals surface area contributed by atoms with Crippen molar-refractivity contribution in [3.8, 4) is 11.5 Å². The van der Waals surface area contributed by atoms with Gasteiger partial charge < -0.3 is 23.4 Å². The zero-order valence-corrected chi connectivity index (χ0v) is 21.4. The average molecular weight is 463 g/mol. The quantitative estimate of drug-likeness (QED) is 0.248. The molecule has 178 valence electrons. The van der Waals surface area contributed by atoms with Gasteiger partial charge in [-0.3, -0.25) is 0 Å². The summed E-state index contributed by atoms with van der Waals surface area (Å²) >= 11 is 0. The number of carbonyl (C=O) groups is 1. The molecule has 0 saturated heterocycles. The van der Waals surface area contributed by atoms with E-state index in [1.54, 1.807) is 6.92 Å². The standard InChI is InChI=1S/C25H38O6Si/c1-8-27-25(26)30-22-12-10-20(31-32(16(2)3,17(4)5)18(6)7)14-21(22)19-9-11-23-24(13-19)29-15-28-23/h9-13,16-18,20-22H,8,14-15H2,1-7H3/t20-,21-,22+/m1/s1. The van der Waals surface area contributed by atoms with Crippen molar-refractivity contribution < 1.29 is 28.2 Å². The van der Waals surface area contributed by atoms with Crippen molar-refractivity contribution in [1.82, 2.24) is 0 Å². The molecule has 1 aromatic carbocycles. The predicted molar refractivity (Wildman–Crippen MR) is 127 cm³/mol. The first kappa shape index (κ1) is 24.6. The van der Waals surface area contributed by atoms with Gasteiger partial charge in [0.25, 0.3) is 0 Å². The van der Waals surface area contributed by atoms with Gasteiger partial charge in [-0.2, -0.15) is 0 Å². The molecule has 0 saturated carbocycles. The molecule has 0 radical (unpaired) electrons. The van der Waals surface area contributed by atoms with E-state index in [-0.39, 0.29) is 25.4 Å². The Morgan fingerprint density at radius 1 is 1.03 bits per heavy atom. The maximum absolute atomic E-state index is 12.1. The zero-order valence-electron chi connectivity index (χ0n) is 20.4. The number of benzene rings is 1. The summed E-state index contributed by atoms with van der Waals surface area (Å²) in [4.78, 5) is 12.1. The molecule has 3 rings (SSSR count). The second kappa shape index (κ2) is 10.3. The first-order chi connectivity index (χ1) is 15.2. The molecule has 7 heteroatoms. The first-order valence-corrected chi connectivity index (χ1v) is 13.9. The van der Waals surface area contributed by atoms with E-state index in [4.69, 9.17) is 23.4 Å². The van der Waals surface area contributed by atoms with E-state index in [1.807, 2.05) is 24.3 Å². The van der Waals surface area contributed by atoms with Gasteiger partial charge in [-0.25, -0.2) is 4.79 Å². The Hall–Kier alpha value is -1.99. The number of carbonyl (C=O) groups excluding carboxylic acids is 1. The largest absolute Gasteiger partial charge is 0.508 e. The molecule has 0 fully saturated rings. The van der Waals surface area contributed by atoms with Gasteiger partial charge in [-0.15, -0.1) is 0 Å². The van der Waals surface area contributed by atoms with Gasteiger partial charge in [-0.05, 0) is 53.7 Å². The maximum Gasteiger partial charge on any atom is 0.508 e. The molecule has 1 aromatic rings. The van der Waals surface area contributed by atoms with E-state index < -0.39 is 20.6 Å². The average Bonchev–Trinajstić information content (AvgIpc) is 3.20. The third kappa shape index (κ3) is 4.99. The van der Waals surface area contributed by atoms with E-state index in [1.165, 1.54) is 0 Å². The molecule has 0 bridgehead atoms. The highest BCUT2D eigenvalue weighted by Crippen LogP contribution is 2.46. The van der Waals surface area contributed by atoms with E-state index in [9.17, 15) is 4.79 Å². The fourth-order valence-corrected chi connectivity index (χ4v) is 11.0. The number of hydrogen-bond acceptors (Lipinski definition) is 6. The van der Waals surface area contributed by atoms with Crippen molar-refractivity contribution in [3.05, 3.63) is 35.9 Å². The normalized spacial score (nSPS) is 22.6. The third-order valence-electron chi connectivity index (χ3n) is 6.78. The zero-order chi connectivity index (χ0) is 23.5. The second-order valence-electron chi connectivity index (χ2n) is 9.58. The van der Waals surface area contributed by atoms with Crippen LogP contribution >= 0.6 is 0 Å². The van der Waals surface area contributed by atoms with Crippen molar-refractivity contribution in [2.45, 2.75) is 89.6 Å². The van der Waals surface area contributed by atoms with Gasteiger partial charge in [-0.1, -0.05) is 53.7 Å². The molecule has 0 spiro atoms. The smallest absolute Gasteiger partial charge is 0.454 e. The van der Waals surface area contributed by atoms with E-state index >= 15 is 0 Å². The summed E-state index contributed by atoms with van der Waals surface area (Å²) in [5.74, 6) is 1.39. The lowest BCUT2D eigenvalue weighted by molar-refractivity contribution is 0.0240. The molecule has 0 amide bonds. The summed E-state index contributed by atoms with van der Waals surface area (Å²) in [6.07, 6.45) is 3.64. The van der Waals surface area contributed by atoms with Crippen molar-refractivity contribution in [1.29, 1.82) is 0 Å². The molecule has 2 aliphatic rings. The number of ether oxygens (including phenoxy) is 4. The highest BCUT2D eigenvalue weighted by molar-refractivity contribution is 6.77. The summed E-state index contributed by atoms with van der Waals surface area (Å²) in [7, 11) is -2.06. The van der Waals surface area contributed by atoms with E-state index in [0.29, 0.717) is 16.6 Å². The molecule has 1 heterocycles. The van der Waals surface area contributed by atoms with Crippen LogP contribution in [0.3, 0.4) is 0 Å². The topological polar surface area (TPSA) is 63.2 Å². The third-order valence-corrected chi connectivity index (χ3v) is 12.9. The molecule has 0 N–H and O–H groups in total. The van der Waals surface area contributed by atoms with Gasteiger partial charge in [0.15, 0.2) is 11.5 Å². The molecule has 1 aliphatic carbocycles. The Balaban J connectivity index is 1.90. The molecule has 1 aliphatic heterocycles. The van der Waals surface area contributed by atoms with Crippen LogP contribution in [0.4, 0.5) is 4.79 Å². The van der Waals surface area contributed by atoms with Crippen molar-refractivity contribution in [2.24, 2.45) is 0 Å². The molecule has 0 unspecified atom stereocenters. The van der Waals surface area contributed by atoms with Crippen molar-refractivity contribution >= 4 is 14.5 Å². The Labute approximate surface area is 193 Å². The molecule has 0 aromatic heterocycles.